The normalized spacial score (nSPS) is 14.9. The third kappa shape index (κ3) is 4.40. The molecule has 0 spiro atoms. The van der Waals surface area contributed by atoms with E-state index in [1.807, 2.05) is 18.2 Å². The number of aryl methyl sites for hydroxylation is 1. The molecule has 176 valence electrons. The van der Waals surface area contributed by atoms with E-state index in [1.165, 1.54) is 4.90 Å². The molecular weight excluding hydrogens is 488 g/mol. The fourth-order valence-electron chi connectivity index (χ4n) is 4.35. The van der Waals surface area contributed by atoms with Gasteiger partial charge in [0.05, 0.1) is 39.4 Å². The van der Waals surface area contributed by atoms with Gasteiger partial charge in [0.15, 0.2) is 6.54 Å². The van der Waals surface area contributed by atoms with Crippen LogP contribution in [0.5, 0.6) is 5.75 Å². The van der Waals surface area contributed by atoms with Crippen LogP contribution in [0.3, 0.4) is 0 Å². The fraction of sp³-hybridized carbons (Fsp3) is 0.240. The molecule has 0 fully saturated rings. The van der Waals surface area contributed by atoms with Crippen LogP contribution in [0.1, 0.15) is 18.4 Å². The van der Waals surface area contributed by atoms with Crippen LogP contribution in [-0.2, 0) is 16.7 Å². The van der Waals surface area contributed by atoms with E-state index in [9.17, 15) is 13.0 Å². The number of thiazole rings is 1. The van der Waals surface area contributed by atoms with Crippen molar-refractivity contribution in [2.45, 2.75) is 24.8 Å². The number of methoxy groups -OCH3 is 1. The molecule has 0 radical (unpaired) electrons. The van der Waals surface area contributed by atoms with Crippen LogP contribution in [0.2, 0.25) is 0 Å². The van der Waals surface area contributed by atoms with Crippen LogP contribution < -0.4 is 14.2 Å². The third-order valence-electron chi connectivity index (χ3n) is 5.89. The van der Waals surface area contributed by atoms with Gasteiger partial charge in [0.1, 0.15) is 10.4 Å². The van der Waals surface area contributed by atoms with Gasteiger partial charge in [0, 0.05) is 29.7 Å². The summed E-state index contributed by atoms with van der Waals surface area (Å²) in [6.07, 6.45) is 2.44. The molecule has 1 aromatic heterocycles. The van der Waals surface area contributed by atoms with Crippen molar-refractivity contribution in [3.63, 3.8) is 0 Å². The van der Waals surface area contributed by atoms with E-state index in [-0.39, 0.29) is 12.2 Å². The maximum Gasteiger partial charge on any atom is 0.265 e. The molecule has 0 saturated carbocycles. The van der Waals surface area contributed by atoms with E-state index in [4.69, 9.17) is 4.74 Å². The number of nitrogens with zero attached hydrogens (tertiary/aromatic N) is 2. The van der Waals surface area contributed by atoms with Crippen molar-refractivity contribution in [1.29, 1.82) is 0 Å². The molecule has 0 saturated heterocycles. The minimum absolute atomic E-state index is 0.268. The van der Waals surface area contributed by atoms with Crippen molar-refractivity contribution < 1.29 is 22.3 Å². The Morgan fingerprint density at radius 1 is 1.15 bits per heavy atom. The van der Waals surface area contributed by atoms with E-state index in [0.29, 0.717) is 6.54 Å². The first-order valence-electron chi connectivity index (χ1n) is 11.0. The van der Waals surface area contributed by atoms with Crippen LogP contribution in [0.25, 0.3) is 27.1 Å². The molecule has 5 rings (SSSR count). The van der Waals surface area contributed by atoms with E-state index >= 15 is 0 Å². The van der Waals surface area contributed by atoms with Gasteiger partial charge in [-0.2, -0.15) is 4.57 Å². The fourth-order valence-corrected chi connectivity index (χ4v) is 7.19. The van der Waals surface area contributed by atoms with Crippen molar-refractivity contribution in [2.24, 2.45) is 0 Å². The van der Waals surface area contributed by atoms with Gasteiger partial charge in [-0.15, -0.1) is 0 Å². The molecule has 3 aromatic carbocycles. The number of hydrogen-bond donors (Lipinski definition) is 0. The van der Waals surface area contributed by atoms with Crippen molar-refractivity contribution in [3.05, 3.63) is 64.6 Å². The Morgan fingerprint density at radius 3 is 2.74 bits per heavy atom. The second kappa shape index (κ2) is 9.22. The second-order valence-electron chi connectivity index (χ2n) is 8.00. The smallest absolute Gasteiger partial charge is 0.265 e. The van der Waals surface area contributed by atoms with Crippen LogP contribution in [-0.4, -0.2) is 32.4 Å². The van der Waals surface area contributed by atoms with E-state index in [2.05, 4.69) is 58.9 Å². The van der Waals surface area contributed by atoms with Gasteiger partial charge in [0.2, 0.25) is 5.52 Å². The molecule has 1 aliphatic rings. The average Bonchev–Trinajstić information content (AvgIpc) is 3.35. The Bertz CT molecular complexity index is 1530. The quantitative estimate of drug-likeness (QED) is 0.250. The van der Waals surface area contributed by atoms with E-state index < -0.39 is 10.1 Å². The second-order valence-corrected chi connectivity index (χ2v) is 11.7. The maximum absolute atomic E-state index is 11.3. The number of thioether (sulfide) groups is 1. The summed E-state index contributed by atoms with van der Waals surface area (Å²) >= 11 is 3.39. The van der Waals surface area contributed by atoms with Crippen molar-refractivity contribution in [2.75, 3.05) is 24.3 Å². The lowest BCUT2D eigenvalue weighted by atomic mass is 10.1. The molecule has 6 nitrogen and oxygen atoms in total. The van der Waals surface area contributed by atoms with Crippen molar-refractivity contribution in [3.8, 4) is 5.75 Å². The number of anilines is 1. The number of ether oxygens (including phenoxy) is 1. The lowest BCUT2D eigenvalue weighted by molar-refractivity contribution is -0.667. The Labute approximate surface area is 207 Å². The molecule has 0 N–H and O–H groups in total. The van der Waals surface area contributed by atoms with Crippen LogP contribution in [0.15, 0.2) is 64.5 Å². The zero-order chi connectivity index (χ0) is 23.9. The Morgan fingerprint density at radius 2 is 1.97 bits per heavy atom. The summed E-state index contributed by atoms with van der Waals surface area (Å²) in [7, 11) is -2.59. The first-order valence-corrected chi connectivity index (χ1v) is 14.2. The first-order chi connectivity index (χ1) is 16.4. The van der Waals surface area contributed by atoms with Gasteiger partial charge in [-0.1, -0.05) is 47.4 Å². The molecule has 1 aliphatic heterocycles. The summed E-state index contributed by atoms with van der Waals surface area (Å²) in [5, 5.41) is 4.37. The predicted octanol–water partition coefficient (Wildman–Crippen LogP) is 5.22. The summed E-state index contributed by atoms with van der Waals surface area (Å²) in [5.41, 5.74) is 2.19. The Kier molecular flexibility index (Phi) is 6.28. The summed E-state index contributed by atoms with van der Waals surface area (Å²) in [6.45, 7) is 3.38. The lowest BCUT2D eigenvalue weighted by Gasteiger charge is -2.18. The zero-order valence-electron chi connectivity index (χ0n) is 18.9. The third-order valence-corrected chi connectivity index (χ3v) is 8.89. The molecule has 0 aliphatic carbocycles. The number of benzene rings is 3. The van der Waals surface area contributed by atoms with Gasteiger partial charge in [-0.05, 0) is 36.6 Å². The van der Waals surface area contributed by atoms with Gasteiger partial charge >= 0.3 is 0 Å². The van der Waals surface area contributed by atoms with Crippen LogP contribution in [0, 0.1) is 0 Å². The van der Waals surface area contributed by atoms with Gasteiger partial charge in [-0.25, -0.2) is 8.42 Å². The standard InChI is InChI=1S/C25H24N2O4S3/c1-3-26-20-15-18(31-2)10-12-21(20)32-23(26)16-24-27(13-6-14-34(28,29)30)25-19-8-5-4-7-17(19)9-11-22(25)33-24/h4-5,7-12,15-16H,3,6,13-14H2,1-2H3. The minimum atomic E-state index is -4.26. The zero-order valence-corrected chi connectivity index (χ0v) is 21.3. The number of hydrogen-bond acceptors (Lipinski definition) is 7. The van der Waals surface area contributed by atoms with Gasteiger partial charge in [-0.3, -0.25) is 0 Å². The number of aromatic nitrogens is 1. The molecule has 0 bridgehead atoms. The molecule has 34 heavy (non-hydrogen) atoms. The monoisotopic (exact) mass is 512 g/mol. The highest BCUT2D eigenvalue weighted by Crippen LogP contribution is 2.48. The van der Waals surface area contributed by atoms with E-state index in [0.717, 1.165) is 49.0 Å². The minimum Gasteiger partial charge on any atom is -0.748 e. The Balaban J connectivity index is 1.63. The summed E-state index contributed by atoms with van der Waals surface area (Å²) < 4.78 is 42.5. The summed E-state index contributed by atoms with van der Waals surface area (Å²) in [4.78, 5) is 3.43. The molecule has 0 amide bonds. The molecule has 0 atom stereocenters. The highest BCUT2D eigenvalue weighted by molar-refractivity contribution is 8.03. The summed E-state index contributed by atoms with van der Waals surface area (Å²) in [6, 6.07) is 18.5. The highest BCUT2D eigenvalue weighted by Gasteiger charge is 2.28. The molecule has 0 unspecified atom stereocenters. The topological polar surface area (TPSA) is 73.6 Å². The van der Waals surface area contributed by atoms with Gasteiger partial charge in [0.25, 0.3) is 5.01 Å². The lowest BCUT2D eigenvalue weighted by Crippen LogP contribution is -2.36. The summed E-state index contributed by atoms with van der Waals surface area (Å²) in [5.74, 6) is 0.445. The number of rotatable bonds is 7. The molecule has 2 heterocycles. The van der Waals surface area contributed by atoms with Gasteiger partial charge < -0.3 is 14.2 Å². The molecule has 9 heteroatoms. The van der Waals surface area contributed by atoms with Crippen molar-refractivity contribution in [1.82, 2.24) is 0 Å². The average molecular weight is 513 g/mol. The van der Waals surface area contributed by atoms with Crippen molar-refractivity contribution >= 4 is 66.0 Å². The molecule has 4 aromatic rings. The highest BCUT2D eigenvalue weighted by atomic mass is 32.2. The van der Waals surface area contributed by atoms with Crippen LogP contribution in [0.4, 0.5) is 5.69 Å². The largest absolute Gasteiger partial charge is 0.748 e. The van der Waals surface area contributed by atoms with E-state index in [1.54, 1.807) is 30.2 Å². The number of fused-ring (bicyclic) bond motifs is 4. The Hall–Kier alpha value is -2.59. The first kappa shape index (κ1) is 23.2. The van der Waals surface area contributed by atoms with Crippen LogP contribution >= 0.6 is 23.1 Å². The SMILES string of the molecule is CCN1C(=Cc2sc3ccc4ccccc4c3[n+]2CCCS(=O)(=O)[O-])Sc2ccc(OC)cc21. The molecular formula is C25H24N2O4S3. The maximum atomic E-state index is 11.3. The predicted molar refractivity (Wildman–Crippen MR) is 139 cm³/mol.